The van der Waals surface area contributed by atoms with Crippen molar-refractivity contribution in [2.24, 2.45) is 0 Å². The van der Waals surface area contributed by atoms with Crippen LogP contribution in [0.4, 0.5) is 13.2 Å². The molecule has 0 bridgehead atoms. The lowest BCUT2D eigenvalue weighted by Crippen LogP contribution is -2.35. The summed E-state index contributed by atoms with van der Waals surface area (Å²) in [7, 11) is 6.37. The van der Waals surface area contributed by atoms with E-state index in [2.05, 4.69) is 0 Å². The van der Waals surface area contributed by atoms with Gasteiger partial charge in [0.15, 0.2) is 17.1 Å². The van der Waals surface area contributed by atoms with Gasteiger partial charge in [-0.2, -0.15) is 13.2 Å². The van der Waals surface area contributed by atoms with Crippen LogP contribution >= 0.6 is 0 Å². The smallest absolute Gasteiger partial charge is 0.416 e. The average Bonchev–Trinajstić information content (AvgIpc) is 3.33. The number of halogens is 3. The minimum absolute atomic E-state index is 0.503. The van der Waals surface area contributed by atoms with Crippen LogP contribution in [0, 0.1) is 0 Å². The van der Waals surface area contributed by atoms with Gasteiger partial charge in [0.1, 0.15) is 17.2 Å². The molecule has 47 heavy (non-hydrogen) atoms. The van der Waals surface area contributed by atoms with Crippen molar-refractivity contribution in [2.45, 2.75) is 31.0 Å². The number of ether oxygens (including phenoxy) is 5. The quantitative estimate of drug-likeness (QED) is 0.185. The van der Waals surface area contributed by atoms with Crippen molar-refractivity contribution >= 4 is 16.8 Å². The monoisotopic (exact) mass is 638 g/mol. The van der Waals surface area contributed by atoms with Crippen molar-refractivity contribution in [1.82, 2.24) is 0 Å². The maximum absolute atomic E-state index is 14.0. The first-order valence-electron chi connectivity index (χ1n) is 15.1. The van der Waals surface area contributed by atoms with Gasteiger partial charge in [-0.25, -0.2) is 0 Å². The third-order valence-corrected chi connectivity index (χ3v) is 9.50. The van der Waals surface area contributed by atoms with Gasteiger partial charge in [0.25, 0.3) is 0 Å². The molecule has 5 nitrogen and oxygen atoms in total. The van der Waals surface area contributed by atoms with Crippen LogP contribution in [0.5, 0.6) is 28.7 Å². The Balaban J connectivity index is 1.56. The molecule has 2 aliphatic rings. The van der Waals surface area contributed by atoms with Gasteiger partial charge >= 0.3 is 6.18 Å². The van der Waals surface area contributed by atoms with Crippen molar-refractivity contribution < 1.29 is 36.9 Å². The number of rotatable bonds is 6. The Morgan fingerprint density at radius 3 is 1.72 bits per heavy atom. The molecule has 7 rings (SSSR count). The lowest BCUT2D eigenvalue weighted by molar-refractivity contribution is -0.137. The zero-order valence-corrected chi connectivity index (χ0v) is 26.8. The topological polar surface area (TPSA) is 46.2 Å². The van der Waals surface area contributed by atoms with E-state index in [0.717, 1.165) is 50.2 Å². The van der Waals surface area contributed by atoms with Crippen LogP contribution < -0.4 is 23.7 Å². The molecule has 0 atom stereocenters. The second-order valence-corrected chi connectivity index (χ2v) is 12.3. The number of hydrogen-bond acceptors (Lipinski definition) is 5. The fourth-order valence-corrected chi connectivity index (χ4v) is 7.14. The molecule has 8 heteroatoms. The maximum Gasteiger partial charge on any atom is 0.416 e. The second-order valence-electron chi connectivity index (χ2n) is 12.3. The third kappa shape index (κ3) is 4.53. The van der Waals surface area contributed by atoms with Gasteiger partial charge in [-0.3, -0.25) is 0 Å². The molecular weight excluding hydrogens is 605 g/mol. The van der Waals surface area contributed by atoms with E-state index in [1.165, 1.54) is 6.07 Å². The summed E-state index contributed by atoms with van der Waals surface area (Å²) in [6, 6.07) is 23.2. The first-order chi connectivity index (χ1) is 22.5. The molecule has 5 aromatic rings. The van der Waals surface area contributed by atoms with Crippen LogP contribution in [0.1, 0.15) is 47.2 Å². The highest BCUT2D eigenvalue weighted by Crippen LogP contribution is 2.59. The van der Waals surface area contributed by atoms with Crippen molar-refractivity contribution in [3.05, 3.63) is 118 Å². The molecule has 240 valence electrons. The fraction of sp³-hybridized carbons (Fsp3) is 0.231. The summed E-state index contributed by atoms with van der Waals surface area (Å²) in [5, 5.41) is 1.53. The number of alkyl halides is 3. The molecule has 0 saturated carbocycles. The lowest BCUT2D eigenvalue weighted by Gasteiger charge is -2.38. The maximum atomic E-state index is 14.0. The summed E-state index contributed by atoms with van der Waals surface area (Å²) in [6.07, 6.45) is -0.413. The molecule has 0 saturated heterocycles. The molecule has 0 spiro atoms. The van der Waals surface area contributed by atoms with Gasteiger partial charge < -0.3 is 23.7 Å². The molecule has 0 unspecified atom stereocenters. The van der Waals surface area contributed by atoms with E-state index in [1.807, 2.05) is 86.7 Å². The summed E-state index contributed by atoms with van der Waals surface area (Å²) in [6.45, 7) is 3.93. The van der Waals surface area contributed by atoms with Gasteiger partial charge in [0, 0.05) is 27.5 Å². The highest BCUT2D eigenvalue weighted by Gasteiger charge is 2.45. The van der Waals surface area contributed by atoms with Crippen LogP contribution in [-0.2, 0) is 17.2 Å². The van der Waals surface area contributed by atoms with Gasteiger partial charge in [-0.05, 0) is 82.2 Å². The lowest BCUT2D eigenvalue weighted by atomic mass is 9.76. The molecule has 0 N–H and O–H groups in total. The molecular formula is C39H33F3O5. The number of fused-ring (bicyclic) bond motifs is 8. The summed E-state index contributed by atoms with van der Waals surface area (Å²) >= 11 is 0. The zero-order valence-electron chi connectivity index (χ0n) is 26.8. The Kier molecular flexibility index (Phi) is 6.97. The van der Waals surface area contributed by atoms with E-state index in [-0.39, 0.29) is 0 Å². The highest BCUT2D eigenvalue weighted by atomic mass is 19.4. The Morgan fingerprint density at radius 1 is 0.660 bits per heavy atom. The normalized spacial score (nSPS) is 15.3. The molecule has 1 aliphatic carbocycles. The third-order valence-electron chi connectivity index (χ3n) is 9.50. The van der Waals surface area contributed by atoms with E-state index >= 15 is 0 Å². The second kappa shape index (κ2) is 10.7. The van der Waals surface area contributed by atoms with Crippen LogP contribution in [-0.4, -0.2) is 28.4 Å². The van der Waals surface area contributed by atoms with Crippen molar-refractivity contribution in [2.75, 3.05) is 28.4 Å². The zero-order chi connectivity index (χ0) is 33.3. The number of hydrogen-bond donors (Lipinski definition) is 0. The first kappa shape index (κ1) is 30.5. The molecule has 5 aromatic carbocycles. The molecule has 0 fully saturated rings. The van der Waals surface area contributed by atoms with Gasteiger partial charge in [0.05, 0.1) is 34.0 Å². The standard InChI is InChI=1S/C39H33F3O5/c1-37(2)31-19-24(39(40,41)42)11-16-27(31)34-29-20-32(45-5)33(46-6)21-30(29)36-28(35(34)37)17-18-38(47-36,22-7-12-25(43-3)13-8-22)23-9-14-26(44-4)15-10-23/h7-21H,1-6H3. The highest BCUT2D eigenvalue weighted by molar-refractivity contribution is 6.09. The Morgan fingerprint density at radius 2 is 1.21 bits per heavy atom. The minimum atomic E-state index is -4.47. The van der Waals surface area contributed by atoms with Crippen LogP contribution in [0.15, 0.2) is 84.9 Å². The Hall–Kier alpha value is -5.11. The average molecular weight is 639 g/mol. The number of methoxy groups -OCH3 is 4. The van der Waals surface area contributed by atoms with Crippen LogP contribution in [0.25, 0.3) is 28.0 Å². The largest absolute Gasteiger partial charge is 0.497 e. The molecule has 0 amide bonds. The molecule has 1 heterocycles. The Labute approximate surface area is 271 Å². The van der Waals surface area contributed by atoms with E-state index in [1.54, 1.807) is 34.5 Å². The minimum Gasteiger partial charge on any atom is -0.497 e. The number of benzene rings is 5. The van der Waals surface area contributed by atoms with Crippen molar-refractivity contribution in [1.29, 1.82) is 0 Å². The van der Waals surface area contributed by atoms with E-state index in [9.17, 15) is 13.2 Å². The van der Waals surface area contributed by atoms with E-state index in [0.29, 0.717) is 34.3 Å². The van der Waals surface area contributed by atoms with Gasteiger partial charge in [-0.15, -0.1) is 0 Å². The van der Waals surface area contributed by atoms with Crippen LogP contribution in [0.3, 0.4) is 0 Å². The summed E-state index contributed by atoms with van der Waals surface area (Å²) < 4.78 is 71.5. The van der Waals surface area contributed by atoms with E-state index in [4.69, 9.17) is 23.7 Å². The summed E-state index contributed by atoms with van der Waals surface area (Å²) in [4.78, 5) is 0. The van der Waals surface area contributed by atoms with Crippen molar-refractivity contribution in [3.63, 3.8) is 0 Å². The molecule has 1 aliphatic heterocycles. The summed E-state index contributed by atoms with van der Waals surface area (Å²) in [5.41, 5.74) is 3.06. The molecule has 0 aromatic heterocycles. The summed E-state index contributed by atoms with van der Waals surface area (Å²) in [5.74, 6) is 3.01. The Bertz CT molecular complexity index is 2010. The predicted octanol–water partition coefficient (Wildman–Crippen LogP) is 9.55. The fourth-order valence-electron chi connectivity index (χ4n) is 7.14. The van der Waals surface area contributed by atoms with Gasteiger partial charge in [0.2, 0.25) is 0 Å². The SMILES string of the molecule is COc1ccc(C2(c3ccc(OC)cc3)C=Cc3c4c(c5cc(OC)c(OC)cc5c3O2)-c2ccc(C(F)(F)F)cc2C4(C)C)cc1. The van der Waals surface area contributed by atoms with Crippen LogP contribution in [0.2, 0.25) is 0 Å². The van der Waals surface area contributed by atoms with Gasteiger partial charge in [-0.1, -0.05) is 50.3 Å². The van der Waals surface area contributed by atoms with Crippen molar-refractivity contribution in [3.8, 4) is 39.9 Å². The van der Waals surface area contributed by atoms with E-state index < -0.39 is 22.8 Å². The molecule has 0 radical (unpaired) electrons. The first-order valence-corrected chi connectivity index (χ1v) is 15.1. The predicted molar refractivity (Wildman–Crippen MR) is 176 cm³/mol.